The van der Waals surface area contributed by atoms with Crippen LogP contribution in [0.3, 0.4) is 0 Å². The van der Waals surface area contributed by atoms with E-state index in [9.17, 15) is 9.59 Å². The third-order valence-electron chi connectivity index (χ3n) is 4.31. The van der Waals surface area contributed by atoms with Gasteiger partial charge in [0.1, 0.15) is 10.7 Å². The summed E-state index contributed by atoms with van der Waals surface area (Å²) >= 11 is 12.3. The van der Waals surface area contributed by atoms with Crippen LogP contribution in [0.15, 0.2) is 47.8 Å². The number of aryl methyl sites for hydroxylation is 1. The number of nitrogens with one attached hydrogen (secondary N) is 2. The maximum Gasteiger partial charge on any atom is 0.274 e. The van der Waals surface area contributed by atoms with Crippen LogP contribution in [0.25, 0.3) is 16.6 Å². The van der Waals surface area contributed by atoms with Gasteiger partial charge in [0, 0.05) is 31.0 Å². The molecule has 0 saturated heterocycles. The zero-order valence-electron chi connectivity index (χ0n) is 14.1. The van der Waals surface area contributed by atoms with E-state index < -0.39 is 0 Å². The van der Waals surface area contributed by atoms with Crippen molar-refractivity contribution in [2.75, 3.05) is 6.54 Å². The summed E-state index contributed by atoms with van der Waals surface area (Å²) < 4.78 is 3.52. The Kier molecular flexibility index (Phi) is 4.63. The Morgan fingerprint density at radius 3 is 2.89 bits per heavy atom. The number of halogens is 2. The van der Waals surface area contributed by atoms with Crippen LogP contribution in [0.4, 0.5) is 0 Å². The van der Waals surface area contributed by atoms with E-state index in [1.807, 2.05) is 10.8 Å². The van der Waals surface area contributed by atoms with E-state index in [0.29, 0.717) is 28.3 Å². The highest BCUT2D eigenvalue weighted by Crippen LogP contribution is 2.26. The van der Waals surface area contributed by atoms with E-state index in [4.69, 9.17) is 23.2 Å². The van der Waals surface area contributed by atoms with E-state index in [0.717, 1.165) is 13.0 Å². The van der Waals surface area contributed by atoms with E-state index in [1.54, 1.807) is 35.1 Å². The van der Waals surface area contributed by atoms with Gasteiger partial charge < -0.3 is 14.9 Å². The average molecular weight is 404 g/mol. The topological polar surface area (TPSA) is 84.2 Å². The van der Waals surface area contributed by atoms with Crippen LogP contribution in [-0.4, -0.2) is 31.4 Å². The van der Waals surface area contributed by atoms with Gasteiger partial charge in [-0.1, -0.05) is 23.2 Å². The SMILES string of the molecule is O=C(NCCCn1ccnc1)c1ccc2c(c1)[nH]c(=O)c1c(Cl)cc(Cl)n12. The number of aromatic nitrogens is 4. The Balaban J connectivity index is 1.56. The van der Waals surface area contributed by atoms with Gasteiger partial charge in [-0.3, -0.25) is 14.0 Å². The van der Waals surface area contributed by atoms with E-state index in [-0.39, 0.29) is 22.0 Å². The summed E-state index contributed by atoms with van der Waals surface area (Å²) in [4.78, 5) is 31.4. The van der Waals surface area contributed by atoms with Gasteiger partial charge in [0.25, 0.3) is 11.5 Å². The first kappa shape index (κ1) is 17.6. The number of nitrogens with zero attached hydrogens (tertiary/aromatic N) is 3. The molecule has 138 valence electrons. The lowest BCUT2D eigenvalue weighted by atomic mass is 10.1. The van der Waals surface area contributed by atoms with Gasteiger partial charge >= 0.3 is 0 Å². The lowest BCUT2D eigenvalue weighted by Crippen LogP contribution is -2.25. The molecular weight excluding hydrogens is 389 g/mol. The van der Waals surface area contributed by atoms with E-state index in [1.165, 1.54) is 6.07 Å². The summed E-state index contributed by atoms with van der Waals surface area (Å²) in [5.74, 6) is -0.208. The molecule has 2 N–H and O–H groups in total. The number of rotatable bonds is 5. The fourth-order valence-electron chi connectivity index (χ4n) is 3.04. The summed E-state index contributed by atoms with van der Waals surface area (Å²) in [7, 11) is 0. The van der Waals surface area contributed by atoms with Gasteiger partial charge in [-0.25, -0.2) is 4.98 Å². The van der Waals surface area contributed by atoms with Crippen molar-refractivity contribution in [1.82, 2.24) is 24.3 Å². The highest BCUT2D eigenvalue weighted by molar-refractivity contribution is 6.37. The Morgan fingerprint density at radius 2 is 2.11 bits per heavy atom. The molecule has 0 aliphatic carbocycles. The molecule has 1 amide bonds. The van der Waals surface area contributed by atoms with Crippen molar-refractivity contribution in [1.29, 1.82) is 0 Å². The number of fused-ring (bicyclic) bond motifs is 3. The summed E-state index contributed by atoms with van der Waals surface area (Å²) in [6.45, 7) is 1.31. The molecule has 0 saturated carbocycles. The zero-order valence-corrected chi connectivity index (χ0v) is 15.6. The monoisotopic (exact) mass is 403 g/mol. The highest BCUT2D eigenvalue weighted by atomic mass is 35.5. The molecule has 4 rings (SSSR count). The number of carbonyl (C=O) groups is 1. The third kappa shape index (κ3) is 3.31. The van der Waals surface area contributed by atoms with Gasteiger partial charge in [-0.15, -0.1) is 0 Å². The molecule has 0 radical (unpaired) electrons. The molecule has 4 aromatic rings. The van der Waals surface area contributed by atoms with Crippen LogP contribution in [0.2, 0.25) is 10.2 Å². The van der Waals surface area contributed by atoms with Gasteiger partial charge in [-0.2, -0.15) is 0 Å². The maximum atomic E-state index is 12.4. The van der Waals surface area contributed by atoms with Crippen molar-refractivity contribution >= 4 is 45.7 Å². The predicted octanol–water partition coefficient (Wildman–Crippen LogP) is 3.10. The summed E-state index contributed by atoms with van der Waals surface area (Å²) in [6, 6.07) is 6.58. The summed E-state index contributed by atoms with van der Waals surface area (Å²) in [5.41, 5.74) is 1.54. The molecule has 0 fully saturated rings. The molecule has 0 atom stereocenters. The standard InChI is InChI=1S/C18H15Cl2N5O2/c19-12-9-15(20)25-14-3-2-11(8-13(14)23-18(27)16(12)25)17(26)22-4-1-6-24-7-5-21-10-24/h2-3,5,7-10H,1,4,6H2,(H,22,26)(H,23,27). The molecular formula is C18H15Cl2N5O2. The smallest absolute Gasteiger partial charge is 0.274 e. The highest BCUT2D eigenvalue weighted by Gasteiger charge is 2.14. The Morgan fingerprint density at radius 1 is 1.26 bits per heavy atom. The zero-order chi connectivity index (χ0) is 19.0. The molecule has 0 unspecified atom stereocenters. The van der Waals surface area contributed by atoms with Gasteiger partial charge in [-0.05, 0) is 30.7 Å². The molecule has 9 heteroatoms. The molecule has 27 heavy (non-hydrogen) atoms. The second-order valence-corrected chi connectivity index (χ2v) is 6.89. The number of H-pyrrole nitrogens is 1. The first-order chi connectivity index (χ1) is 13.0. The van der Waals surface area contributed by atoms with Gasteiger partial charge in [0.05, 0.1) is 22.4 Å². The van der Waals surface area contributed by atoms with Crippen molar-refractivity contribution < 1.29 is 4.79 Å². The summed E-state index contributed by atoms with van der Waals surface area (Å²) in [6.07, 6.45) is 6.11. The molecule has 3 heterocycles. The largest absolute Gasteiger partial charge is 0.352 e. The van der Waals surface area contributed by atoms with Crippen molar-refractivity contribution in [3.63, 3.8) is 0 Å². The van der Waals surface area contributed by atoms with E-state index in [2.05, 4.69) is 15.3 Å². The van der Waals surface area contributed by atoms with Crippen LogP contribution < -0.4 is 10.9 Å². The van der Waals surface area contributed by atoms with Gasteiger partial charge in [0.2, 0.25) is 0 Å². The number of imidazole rings is 1. The van der Waals surface area contributed by atoms with Crippen LogP contribution in [0.1, 0.15) is 16.8 Å². The molecule has 7 nitrogen and oxygen atoms in total. The number of benzene rings is 1. The van der Waals surface area contributed by atoms with Crippen molar-refractivity contribution in [3.05, 3.63) is 69.1 Å². The van der Waals surface area contributed by atoms with E-state index >= 15 is 0 Å². The number of carbonyl (C=O) groups excluding carboxylic acids is 1. The normalized spacial score (nSPS) is 11.3. The number of amides is 1. The minimum absolute atomic E-state index is 0.208. The van der Waals surface area contributed by atoms with Crippen LogP contribution in [0.5, 0.6) is 0 Å². The average Bonchev–Trinajstić information content (AvgIpc) is 3.26. The minimum Gasteiger partial charge on any atom is -0.352 e. The summed E-state index contributed by atoms with van der Waals surface area (Å²) in [5, 5.41) is 3.49. The molecule has 3 aromatic heterocycles. The fraction of sp³-hybridized carbons (Fsp3) is 0.167. The van der Waals surface area contributed by atoms with Crippen LogP contribution in [-0.2, 0) is 6.54 Å². The van der Waals surface area contributed by atoms with Crippen LogP contribution >= 0.6 is 23.2 Å². The first-order valence-corrected chi connectivity index (χ1v) is 9.06. The maximum absolute atomic E-state index is 12.4. The molecule has 0 bridgehead atoms. The predicted molar refractivity (Wildman–Crippen MR) is 105 cm³/mol. The lowest BCUT2D eigenvalue weighted by molar-refractivity contribution is 0.0953. The molecule has 1 aromatic carbocycles. The third-order valence-corrected chi connectivity index (χ3v) is 4.88. The number of aromatic amines is 1. The van der Waals surface area contributed by atoms with Gasteiger partial charge in [0.15, 0.2) is 0 Å². The number of hydrogen-bond donors (Lipinski definition) is 2. The Bertz CT molecular complexity index is 1190. The minimum atomic E-state index is -0.364. The molecule has 0 aliphatic rings. The van der Waals surface area contributed by atoms with Crippen molar-refractivity contribution in [3.8, 4) is 0 Å². The molecule has 0 aliphatic heterocycles. The lowest BCUT2D eigenvalue weighted by Gasteiger charge is -2.08. The van der Waals surface area contributed by atoms with Crippen molar-refractivity contribution in [2.45, 2.75) is 13.0 Å². The van der Waals surface area contributed by atoms with Crippen molar-refractivity contribution in [2.24, 2.45) is 0 Å². The second kappa shape index (κ2) is 7.09. The second-order valence-electron chi connectivity index (χ2n) is 6.10. The number of hydrogen-bond acceptors (Lipinski definition) is 3. The molecule has 0 spiro atoms. The fourth-order valence-corrected chi connectivity index (χ4v) is 3.65. The Hall–Kier alpha value is -2.77. The Labute approximate surface area is 163 Å². The first-order valence-electron chi connectivity index (χ1n) is 8.31. The quantitative estimate of drug-likeness (QED) is 0.502. The van der Waals surface area contributed by atoms with Crippen LogP contribution in [0, 0.1) is 0 Å².